The maximum absolute atomic E-state index is 5.86. The van der Waals surface area contributed by atoms with Crippen LogP contribution < -0.4 is 5.84 Å². The molecular weight excluding hydrogens is 320 g/mol. The van der Waals surface area contributed by atoms with Crippen LogP contribution in [0.2, 0.25) is 0 Å². The zero-order valence-corrected chi connectivity index (χ0v) is 13.0. The number of nitrogen functional groups attached to an aromatic ring is 1. The molecule has 4 heterocycles. The summed E-state index contributed by atoms with van der Waals surface area (Å²) in [5.41, 5.74) is 1.68. The molecular formula is C12H10N8S2. The molecule has 0 fully saturated rings. The third-order valence-electron chi connectivity index (χ3n) is 3.05. The van der Waals surface area contributed by atoms with E-state index in [1.165, 1.54) is 16.4 Å². The second kappa shape index (κ2) is 5.07. The smallest absolute Gasteiger partial charge is 0.216 e. The summed E-state index contributed by atoms with van der Waals surface area (Å²) in [7, 11) is 0. The molecule has 0 aromatic carbocycles. The predicted octanol–water partition coefficient (Wildman–Crippen LogP) is 1.62. The Labute approximate surface area is 133 Å². The second-order valence-electron chi connectivity index (χ2n) is 4.48. The second-order valence-corrected chi connectivity index (χ2v) is 6.25. The number of rotatable bonds is 3. The average Bonchev–Trinajstić information content (AvgIpc) is 3.23. The van der Waals surface area contributed by atoms with Crippen LogP contribution in [0.25, 0.3) is 17.0 Å². The van der Waals surface area contributed by atoms with Gasteiger partial charge in [-0.2, -0.15) is 21.0 Å². The van der Waals surface area contributed by atoms with Crippen molar-refractivity contribution in [2.24, 2.45) is 0 Å². The van der Waals surface area contributed by atoms with Gasteiger partial charge in [0.25, 0.3) is 0 Å². The number of thiophene rings is 1. The van der Waals surface area contributed by atoms with Crippen molar-refractivity contribution in [2.45, 2.75) is 17.1 Å². The highest BCUT2D eigenvalue weighted by Crippen LogP contribution is 2.25. The maximum Gasteiger partial charge on any atom is 0.216 e. The van der Waals surface area contributed by atoms with Crippen LogP contribution in [0, 0.1) is 6.92 Å². The van der Waals surface area contributed by atoms with Gasteiger partial charge in [-0.05, 0) is 42.3 Å². The number of aryl methyl sites for hydroxylation is 1. The normalized spacial score (nSPS) is 11.3. The maximum atomic E-state index is 5.86. The van der Waals surface area contributed by atoms with E-state index in [0.717, 1.165) is 10.6 Å². The summed E-state index contributed by atoms with van der Waals surface area (Å²) in [6, 6.07) is 5.71. The number of nitrogens with two attached hydrogens (primary N) is 1. The topological polar surface area (TPSA) is 99.8 Å². The largest absolute Gasteiger partial charge is 0.336 e. The Morgan fingerprint density at radius 3 is 2.77 bits per heavy atom. The molecule has 0 aliphatic rings. The zero-order valence-electron chi connectivity index (χ0n) is 11.4. The van der Waals surface area contributed by atoms with E-state index in [-0.39, 0.29) is 0 Å². The fourth-order valence-corrected chi connectivity index (χ4v) is 3.30. The molecule has 0 bridgehead atoms. The van der Waals surface area contributed by atoms with Crippen molar-refractivity contribution < 1.29 is 0 Å². The van der Waals surface area contributed by atoms with Gasteiger partial charge in [0.05, 0.1) is 0 Å². The lowest BCUT2D eigenvalue weighted by atomic mass is 10.3. The molecule has 0 atom stereocenters. The van der Waals surface area contributed by atoms with Gasteiger partial charge in [0.15, 0.2) is 11.5 Å². The third-order valence-corrected chi connectivity index (χ3v) is 4.62. The van der Waals surface area contributed by atoms with Crippen molar-refractivity contribution in [2.75, 3.05) is 5.84 Å². The first-order valence-corrected chi connectivity index (χ1v) is 8.08. The van der Waals surface area contributed by atoms with Crippen LogP contribution in [0.3, 0.4) is 0 Å². The van der Waals surface area contributed by atoms with Crippen molar-refractivity contribution >= 4 is 28.7 Å². The Kier molecular flexibility index (Phi) is 3.05. The lowest BCUT2D eigenvalue weighted by Gasteiger charge is -2.02. The molecule has 4 rings (SSSR count). The van der Waals surface area contributed by atoms with Crippen LogP contribution in [-0.2, 0) is 0 Å². The minimum atomic E-state index is 0.578. The minimum absolute atomic E-state index is 0.578. The van der Waals surface area contributed by atoms with Gasteiger partial charge >= 0.3 is 0 Å². The lowest BCUT2D eigenvalue weighted by molar-refractivity contribution is 0.813. The van der Waals surface area contributed by atoms with Crippen molar-refractivity contribution in [1.29, 1.82) is 0 Å². The highest BCUT2D eigenvalue weighted by molar-refractivity contribution is 7.99. The number of aromatic nitrogens is 7. The third kappa shape index (κ3) is 2.12. The standard InChI is InChI=1S/C12H10N8S2/c1-7-14-17-12(19(7)13)22-10-3-2-9-15-16-11(20(9)18-10)8-4-5-21-6-8/h2-6H,13H2,1H3. The Bertz CT molecular complexity index is 940. The molecule has 8 nitrogen and oxygen atoms in total. The van der Waals surface area contributed by atoms with Crippen molar-refractivity contribution in [1.82, 2.24) is 34.7 Å². The van der Waals surface area contributed by atoms with Gasteiger partial charge in [-0.25, -0.2) is 4.68 Å². The first kappa shape index (κ1) is 13.2. The molecule has 0 saturated carbocycles. The van der Waals surface area contributed by atoms with Crippen molar-refractivity contribution in [3.05, 3.63) is 34.8 Å². The summed E-state index contributed by atoms with van der Waals surface area (Å²) in [6.45, 7) is 1.79. The lowest BCUT2D eigenvalue weighted by Crippen LogP contribution is -2.11. The van der Waals surface area contributed by atoms with E-state index in [2.05, 4.69) is 25.5 Å². The molecule has 0 radical (unpaired) electrons. The first-order valence-electron chi connectivity index (χ1n) is 6.32. The summed E-state index contributed by atoms with van der Waals surface area (Å²) in [5, 5.41) is 26.2. The molecule has 4 aromatic rings. The van der Waals surface area contributed by atoms with E-state index >= 15 is 0 Å². The number of hydrogen-bond donors (Lipinski definition) is 1. The number of nitrogens with zero attached hydrogens (tertiary/aromatic N) is 7. The summed E-state index contributed by atoms with van der Waals surface area (Å²) >= 11 is 2.94. The van der Waals surface area contributed by atoms with Crippen LogP contribution in [-0.4, -0.2) is 34.7 Å². The Morgan fingerprint density at radius 1 is 1.14 bits per heavy atom. The molecule has 0 spiro atoms. The van der Waals surface area contributed by atoms with Gasteiger partial charge in [-0.1, -0.05) is 0 Å². The predicted molar refractivity (Wildman–Crippen MR) is 83.1 cm³/mol. The molecule has 0 aliphatic carbocycles. The van der Waals surface area contributed by atoms with Crippen molar-refractivity contribution in [3.63, 3.8) is 0 Å². The molecule has 110 valence electrons. The van der Waals surface area contributed by atoms with E-state index in [9.17, 15) is 0 Å². The molecule has 22 heavy (non-hydrogen) atoms. The monoisotopic (exact) mass is 330 g/mol. The van der Waals surface area contributed by atoms with E-state index < -0.39 is 0 Å². The van der Waals surface area contributed by atoms with Crippen LogP contribution in [0.5, 0.6) is 0 Å². The number of fused-ring (bicyclic) bond motifs is 1. The Hall–Kier alpha value is -2.46. The van der Waals surface area contributed by atoms with E-state index in [1.54, 1.807) is 22.8 Å². The highest BCUT2D eigenvalue weighted by atomic mass is 32.2. The van der Waals surface area contributed by atoms with Gasteiger partial charge in [0.1, 0.15) is 10.9 Å². The molecule has 0 saturated heterocycles. The summed E-state index contributed by atoms with van der Waals surface area (Å²) in [5.74, 6) is 7.22. The van der Waals surface area contributed by atoms with E-state index in [1.807, 2.05) is 29.0 Å². The van der Waals surface area contributed by atoms with Gasteiger partial charge in [0.2, 0.25) is 5.16 Å². The van der Waals surface area contributed by atoms with E-state index in [4.69, 9.17) is 5.84 Å². The fourth-order valence-electron chi connectivity index (χ4n) is 1.91. The molecule has 10 heteroatoms. The molecule has 0 aliphatic heterocycles. The van der Waals surface area contributed by atoms with Crippen LogP contribution in [0.15, 0.2) is 39.1 Å². The SMILES string of the molecule is Cc1nnc(Sc2ccc3nnc(-c4ccsc4)n3n2)n1N. The summed E-state index contributed by atoms with van der Waals surface area (Å²) in [6.07, 6.45) is 0. The van der Waals surface area contributed by atoms with Gasteiger partial charge in [-0.15, -0.1) is 20.4 Å². The molecule has 2 N–H and O–H groups in total. The Morgan fingerprint density at radius 2 is 2.05 bits per heavy atom. The highest BCUT2D eigenvalue weighted by Gasteiger charge is 2.13. The quantitative estimate of drug-likeness (QED) is 0.570. The van der Waals surface area contributed by atoms with Gasteiger partial charge in [0, 0.05) is 10.9 Å². The fraction of sp³-hybridized carbons (Fsp3) is 0.0833. The number of hydrogen-bond acceptors (Lipinski definition) is 8. The van der Waals surface area contributed by atoms with Crippen LogP contribution >= 0.6 is 23.1 Å². The zero-order chi connectivity index (χ0) is 15.1. The van der Waals surface area contributed by atoms with Crippen LogP contribution in [0.1, 0.15) is 5.82 Å². The Balaban J connectivity index is 1.77. The molecule has 4 aromatic heterocycles. The first-order chi connectivity index (χ1) is 10.7. The van der Waals surface area contributed by atoms with Crippen molar-refractivity contribution in [3.8, 4) is 11.4 Å². The molecule has 0 unspecified atom stereocenters. The van der Waals surface area contributed by atoms with Gasteiger partial charge < -0.3 is 5.84 Å². The van der Waals surface area contributed by atoms with Gasteiger partial charge in [-0.3, -0.25) is 0 Å². The molecule has 0 amide bonds. The van der Waals surface area contributed by atoms with E-state index in [0.29, 0.717) is 22.5 Å². The summed E-state index contributed by atoms with van der Waals surface area (Å²) in [4.78, 5) is 0. The van der Waals surface area contributed by atoms with Crippen LogP contribution in [0.4, 0.5) is 0 Å². The minimum Gasteiger partial charge on any atom is -0.336 e. The summed E-state index contributed by atoms with van der Waals surface area (Å²) < 4.78 is 3.15. The average molecular weight is 330 g/mol.